The van der Waals surface area contributed by atoms with E-state index in [1.165, 1.54) is 12.1 Å². The highest BCUT2D eigenvalue weighted by Gasteiger charge is 2.19. The summed E-state index contributed by atoms with van der Waals surface area (Å²) >= 11 is 0. The number of aromatic carboxylic acids is 1. The van der Waals surface area contributed by atoms with E-state index in [0.717, 1.165) is 16.7 Å². The average molecular weight is 384 g/mol. The van der Waals surface area contributed by atoms with E-state index < -0.39 is 5.97 Å². The van der Waals surface area contributed by atoms with Crippen LogP contribution >= 0.6 is 0 Å². The smallest absolute Gasteiger partial charge is 0.335 e. The maximum Gasteiger partial charge on any atom is 0.335 e. The molecule has 0 heterocycles. The minimum Gasteiger partial charge on any atom is -0.478 e. The Balaban J connectivity index is 2.06. The number of nitrogens with zero attached hydrogens (tertiary/aromatic N) is 1. The molecule has 3 aromatic rings. The predicted octanol–water partition coefficient (Wildman–Crippen LogP) is 5.10. The molecule has 0 spiro atoms. The molecule has 0 atom stereocenters. The second-order valence-electron chi connectivity index (χ2n) is 6.90. The molecular formula is C24H20N2O3. The highest BCUT2D eigenvalue weighted by atomic mass is 16.4. The van der Waals surface area contributed by atoms with Crippen molar-refractivity contribution in [1.82, 2.24) is 0 Å². The number of carboxylic acids is 1. The molecule has 0 aromatic heterocycles. The quantitative estimate of drug-likeness (QED) is 0.655. The molecule has 144 valence electrons. The molecule has 5 heteroatoms. The van der Waals surface area contributed by atoms with Gasteiger partial charge in [0.15, 0.2) is 0 Å². The molecule has 1 amide bonds. The van der Waals surface area contributed by atoms with Crippen LogP contribution < -0.4 is 5.32 Å². The van der Waals surface area contributed by atoms with Crippen LogP contribution in [-0.2, 0) is 0 Å². The topological polar surface area (TPSA) is 90.2 Å². The molecule has 0 saturated carbocycles. The molecule has 5 nitrogen and oxygen atoms in total. The summed E-state index contributed by atoms with van der Waals surface area (Å²) in [7, 11) is 0. The first-order chi connectivity index (χ1) is 13.8. The van der Waals surface area contributed by atoms with Crippen molar-refractivity contribution in [2.45, 2.75) is 20.8 Å². The van der Waals surface area contributed by atoms with E-state index in [2.05, 4.69) is 11.4 Å². The Labute approximate surface area is 169 Å². The highest BCUT2D eigenvalue weighted by molar-refractivity contribution is 6.08. The van der Waals surface area contributed by atoms with E-state index in [-0.39, 0.29) is 11.5 Å². The third-order valence-corrected chi connectivity index (χ3v) is 4.86. The standard InChI is InChI=1S/C24H20N2O3/c1-14-9-10-19(17-7-5-4-6-8-17)20(13-25)22(14)26-23(27)21-15(2)11-18(24(28)29)12-16(21)3/h4-12H,1-3H3,(H,26,27)(H,28,29). The molecule has 0 unspecified atom stereocenters. The zero-order valence-corrected chi connectivity index (χ0v) is 16.4. The SMILES string of the molecule is Cc1ccc(-c2ccccc2)c(C#N)c1NC(=O)c1c(C)cc(C(=O)O)cc1C. The molecule has 29 heavy (non-hydrogen) atoms. The van der Waals surface area contributed by atoms with Gasteiger partial charge in [0, 0.05) is 11.1 Å². The van der Waals surface area contributed by atoms with Crippen molar-refractivity contribution in [3.63, 3.8) is 0 Å². The lowest BCUT2D eigenvalue weighted by molar-refractivity contribution is 0.0696. The van der Waals surface area contributed by atoms with Gasteiger partial charge in [0.2, 0.25) is 0 Å². The third kappa shape index (κ3) is 3.87. The Morgan fingerprint density at radius 1 is 0.931 bits per heavy atom. The van der Waals surface area contributed by atoms with Crippen LogP contribution in [-0.4, -0.2) is 17.0 Å². The van der Waals surface area contributed by atoms with Crippen LogP contribution in [0.15, 0.2) is 54.6 Å². The van der Waals surface area contributed by atoms with Gasteiger partial charge >= 0.3 is 5.97 Å². The number of carboxylic acid groups (broad SMARTS) is 1. The average Bonchev–Trinajstić information content (AvgIpc) is 2.69. The molecule has 3 aromatic carbocycles. The number of hydrogen-bond donors (Lipinski definition) is 2. The monoisotopic (exact) mass is 384 g/mol. The molecule has 0 bridgehead atoms. The van der Waals surface area contributed by atoms with Crippen molar-refractivity contribution in [1.29, 1.82) is 5.26 Å². The van der Waals surface area contributed by atoms with Crippen molar-refractivity contribution in [2.75, 3.05) is 5.32 Å². The summed E-state index contributed by atoms with van der Waals surface area (Å²) in [5.74, 6) is -1.41. The largest absolute Gasteiger partial charge is 0.478 e. The summed E-state index contributed by atoms with van der Waals surface area (Å²) in [4.78, 5) is 24.3. The van der Waals surface area contributed by atoms with Gasteiger partial charge in [-0.3, -0.25) is 4.79 Å². The summed E-state index contributed by atoms with van der Waals surface area (Å²) in [5.41, 5.74) is 4.92. The minimum absolute atomic E-state index is 0.136. The summed E-state index contributed by atoms with van der Waals surface area (Å²) < 4.78 is 0. The second-order valence-corrected chi connectivity index (χ2v) is 6.90. The number of nitriles is 1. The first kappa shape index (κ1) is 19.8. The van der Waals surface area contributed by atoms with Crippen LogP contribution in [0.1, 0.15) is 43.0 Å². The maximum atomic E-state index is 13.0. The van der Waals surface area contributed by atoms with Gasteiger partial charge in [-0.15, -0.1) is 0 Å². The number of hydrogen-bond acceptors (Lipinski definition) is 3. The van der Waals surface area contributed by atoms with Gasteiger partial charge in [0.25, 0.3) is 5.91 Å². The van der Waals surface area contributed by atoms with E-state index in [0.29, 0.717) is 27.9 Å². The number of carbonyl (C=O) groups excluding carboxylic acids is 1. The van der Waals surface area contributed by atoms with Crippen molar-refractivity contribution >= 4 is 17.6 Å². The summed E-state index contributed by atoms with van der Waals surface area (Å²) in [6, 6.07) is 18.4. The Hall–Kier alpha value is -3.91. The van der Waals surface area contributed by atoms with Crippen LogP contribution in [0.4, 0.5) is 5.69 Å². The number of nitrogens with one attached hydrogen (secondary N) is 1. The molecule has 3 rings (SSSR count). The van der Waals surface area contributed by atoms with Gasteiger partial charge in [-0.25, -0.2) is 4.79 Å². The lowest BCUT2D eigenvalue weighted by Gasteiger charge is -2.16. The number of rotatable bonds is 4. The van der Waals surface area contributed by atoms with E-state index in [9.17, 15) is 20.0 Å². The van der Waals surface area contributed by atoms with E-state index in [4.69, 9.17) is 0 Å². The number of benzene rings is 3. The fourth-order valence-electron chi connectivity index (χ4n) is 3.46. The van der Waals surface area contributed by atoms with Gasteiger partial charge in [-0.1, -0.05) is 42.5 Å². The summed E-state index contributed by atoms with van der Waals surface area (Å²) in [5, 5.41) is 21.9. The first-order valence-corrected chi connectivity index (χ1v) is 9.08. The second kappa shape index (κ2) is 7.99. The molecule has 0 fully saturated rings. The Morgan fingerprint density at radius 3 is 2.10 bits per heavy atom. The zero-order chi connectivity index (χ0) is 21.1. The summed E-state index contributed by atoms with van der Waals surface area (Å²) in [6.07, 6.45) is 0. The lowest BCUT2D eigenvalue weighted by atomic mass is 9.95. The fraction of sp³-hybridized carbons (Fsp3) is 0.125. The van der Waals surface area contributed by atoms with Gasteiger partial charge in [0.05, 0.1) is 16.8 Å². The van der Waals surface area contributed by atoms with E-state index in [1.807, 2.05) is 49.4 Å². The fourth-order valence-corrected chi connectivity index (χ4v) is 3.46. The molecule has 2 N–H and O–H groups in total. The van der Waals surface area contributed by atoms with Gasteiger partial charge in [0.1, 0.15) is 6.07 Å². The molecule has 0 aliphatic heterocycles. The van der Waals surface area contributed by atoms with Gasteiger partial charge in [-0.2, -0.15) is 5.26 Å². The predicted molar refractivity (Wildman–Crippen MR) is 112 cm³/mol. The van der Waals surface area contributed by atoms with Crippen LogP contribution in [0.2, 0.25) is 0 Å². The highest BCUT2D eigenvalue weighted by Crippen LogP contribution is 2.32. The Bertz CT molecular complexity index is 1140. The normalized spacial score (nSPS) is 10.3. The van der Waals surface area contributed by atoms with E-state index in [1.54, 1.807) is 13.8 Å². The van der Waals surface area contributed by atoms with Crippen LogP contribution in [0.5, 0.6) is 0 Å². The molecule has 0 aliphatic carbocycles. The molecule has 0 aliphatic rings. The van der Waals surface area contributed by atoms with Gasteiger partial charge in [-0.05, 0) is 55.2 Å². The first-order valence-electron chi connectivity index (χ1n) is 9.08. The molecule has 0 saturated heterocycles. The van der Waals surface area contributed by atoms with Crippen molar-refractivity contribution in [3.8, 4) is 17.2 Å². The molecular weight excluding hydrogens is 364 g/mol. The Morgan fingerprint density at radius 2 is 1.55 bits per heavy atom. The Kier molecular flexibility index (Phi) is 5.47. The van der Waals surface area contributed by atoms with Crippen LogP contribution in [0, 0.1) is 32.1 Å². The number of anilines is 1. The van der Waals surface area contributed by atoms with Crippen molar-refractivity contribution in [3.05, 3.63) is 88.0 Å². The lowest BCUT2D eigenvalue weighted by Crippen LogP contribution is -2.17. The molecule has 0 radical (unpaired) electrons. The number of carbonyl (C=O) groups is 2. The van der Waals surface area contributed by atoms with Crippen LogP contribution in [0.3, 0.4) is 0 Å². The van der Waals surface area contributed by atoms with E-state index >= 15 is 0 Å². The van der Waals surface area contributed by atoms with Gasteiger partial charge < -0.3 is 10.4 Å². The number of amides is 1. The van der Waals surface area contributed by atoms with Crippen molar-refractivity contribution in [2.24, 2.45) is 0 Å². The van der Waals surface area contributed by atoms with Crippen molar-refractivity contribution < 1.29 is 14.7 Å². The maximum absolute atomic E-state index is 13.0. The summed E-state index contributed by atoms with van der Waals surface area (Å²) in [6.45, 7) is 5.23. The van der Waals surface area contributed by atoms with Crippen LogP contribution in [0.25, 0.3) is 11.1 Å². The zero-order valence-electron chi connectivity index (χ0n) is 16.4. The minimum atomic E-state index is -1.04. The number of aryl methyl sites for hydroxylation is 3. The third-order valence-electron chi connectivity index (χ3n) is 4.86.